The van der Waals surface area contributed by atoms with E-state index in [1.54, 1.807) is 0 Å². The van der Waals surface area contributed by atoms with Gasteiger partial charge in [-0.25, -0.2) is 4.79 Å². The van der Waals surface area contributed by atoms with Crippen LogP contribution in [-0.4, -0.2) is 22.4 Å². The minimum atomic E-state index is -0.809. The SMILES string of the molecule is [CH2]CCCCCOC(=O)c1cc([N+](=O)[O-])cc([N+](=O)[O-])c1. The molecular weight excluding hydrogens is 280 g/mol. The van der Waals surface area contributed by atoms with Crippen LogP contribution < -0.4 is 0 Å². The van der Waals surface area contributed by atoms with Crippen molar-refractivity contribution in [1.29, 1.82) is 0 Å². The van der Waals surface area contributed by atoms with Crippen LogP contribution in [0, 0.1) is 27.2 Å². The predicted molar refractivity (Wildman–Crippen MR) is 73.9 cm³/mol. The number of carbonyl (C=O) groups excluding carboxylic acids is 1. The molecule has 0 bridgehead atoms. The molecule has 0 atom stereocenters. The zero-order valence-corrected chi connectivity index (χ0v) is 11.3. The molecule has 8 nitrogen and oxygen atoms in total. The lowest BCUT2D eigenvalue weighted by Crippen LogP contribution is -2.08. The van der Waals surface area contributed by atoms with Crippen molar-refractivity contribution >= 4 is 17.3 Å². The van der Waals surface area contributed by atoms with Crippen molar-refractivity contribution < 1.29 is 19.4 Å². The highest BCUT2D eigenvalue weighted by Crippen LogP contribution is 2.23. The summed E-state index contributed by atoms with van der Waals surface area (Å²) in [6.45, 7) is 3.85. The first kappa shape index (κ1) is 16.5. The molecule has 0 unspecified atom stereocenters. The van der Waals surface area contributed by atoms with E-state index in [0.717, 1.165) is 37.5 Å². The van der Waals surface area contributed by atoms with Gasteiger partial charge < -0.3 is 4.74 Å². The number of hydrogen-bond acceptors (Lipinski definition) is 6. The van der Waals surface area contributed by atoms with Gasteiger partial charge in [0.15, 0.2) is 0 Å². The van der Waals surface area contributed by atoms with Crippen molar-refractivity contribution in [2.45, 2.75) is 25.7 Å². The molecule has 1 aromatic carbocycles. The van der Waals surface area contributed by atoms with E-state index in [4.69, 9.17) is 4.74 Å². The zero-order valence-electron chi connectivity index (χ0n) is 11.3. The number of nitro groups is 2. The van der Waals surface area contributed by atoms with E-state index in [2.05, 4.69) is 6.92 Å². The highest BCUT2D eigenvalue weighted by molar-refractivity contribution is 5.91. The number of esters is 1. The summed E-state index contributed by atoms with van der Waals surface area (Å²) in [6.07, 6.45) is 3.22. The second-order valence-corrected chi connectivity index (χ2v) is 4.30. The van der Waals surface area contributed by atoms with Crippen molar-refractivity contribution in [3.8, 4) is 0 Å². The van der Waals surface area contributed by atoms with E-state index in [1.807, 2.05) is 0 Å². The van der Waals surface area contributed by atoms with Crippen LogP contribution in [0.5, 0.6) is 0 Å². The first-order valence-electron chi connectivity index (χ1n) is 6.36. The highest BCUT2D eigenvalue weighted by atomic mass is 16.6. The second-order valence-electron chi connectivity index (χ2n) is 4.30. The molecule has 1 rings (SSSR count). The summed E-state index contributed by atoms with van der Waals surface area (Å²) >= 11 is 0. The summed E-state index contributed by atoms with van der Waals surface area (Å²) in [4.78, 5) is 31.6. The number of nitro benzene ring substituents is 2. The highest BCUT2D eigenvalue weighted by Gasteiger charge is 2.20. The van der Waals surface area contributed by atoms with Crippen LogP contribution in [0.1, 0.15) is 36.0 Å². The van der Waals surface area contributed by atoms with Crippen LogP contribution in [0.4, 0.5) is 11.4 Å². The van der Waals surface area contributed by atoms with Gasteiger partial charge in [0.25, 0.3) is 11.4 Å². The molecule has 0 amide bonds. The van der Waals surface area contributed by atoms with Crippen molar-refractivity contribution in [2.24, 2.45) is 0 Å². The van der Waals surface area contributed by atoms with Gasteiger partial charge in [-0.3, -0.25) is 20.2 Å². The topological polar surface area (TPSA) is 113 Å². The third-order valence-corrected chi connectivity index (χ3v) is 2.69. The third kappa shape index (κ3) is 5.17. The Balaban J connectivity index is 2.78. The molecular formula is C13H15N2O6. The fraction of sp³-hybridized carbons (Fsp3) is 0.385. The maximum absolute atomic E-state index is 11.7. The molecule has 0 saturated heterocycles. The molecule has 0 fully saturated rings. The lowest BCUT2D eigenvalue weighted by atomic mass is 10.1. The Hall–Kier alpha value is -2.51. The molecule has 0 aliphatic carbocycles. The van der Waals surface area contributed by atoms with Gasteiger partial charge in [-0.2, -0.15) is 0 Å². The van der Waals surface area contributed by atoms with E-state index >= 15 is 0 Å². The summed E-state index contributed by atoms with van der Waals surface area (Å²) in [7, 11) is 0. The maximum atomic E-state index is 11.7. The smallest absolute Gasteiger partial charge is 0.338 e. The minimum Gasteiger partial charge on any atom is -0.462 e. The molecule has 0 heterocycles. The zero-order chi connectivity index (χ0) is 15.8. The van der Waals surface area contributed by atoms with Gasteiger partial charge in [-0.05, 0) is 6.42 Å². The number of carbonyl (C=O) groups is 1. The minimum absolute atomic E-state index is 0.162. The van der Waals surface area contributed by atoms with Crippen molar-refractivity contribution in [3.05, 3.63) is 50.9 Å². The molecule has 0 spiro atoms. The summed E-state index contributed by atoms with van der Waals surface area (Å²) in [5.74, 6) is -0.809. The third-order valence-electron chi connectivity index (χ3n) is 2.69. The van der Waals surface area contributed by atoms with Crippen LogP contribution in [0.3, 0.4) is 0 Å². The monoisotopic (exact) mass is 295 g/mol. The van der Waals surface area contributed by atoms with Gasteiger partial charge in [-0.15, -0.1) is 0 Å². The van der Waals surface area contributed by atoms with Gasteiger partial charge in [-0.1, -0.05) is 26.2 Å². The number of unbranched alkanes of at least 4 members (excludes halogenated alkanes) is 3. The molecule has 0 aromatic heterocycles. The standard InChI is InChI=1S/C13H15N2O6/c1-2-3-4-5-6-21-13(16)10-7-11(14(17)18)9-12(8-10)15(19)20/h7-9H,1-6H2. The van der Waals surface area contributed by atoms with E-state index in [-0.39, 0.29) is 12.2 Å². The van der Waals surface area contributed by atoms with Gasteiger partial charge in [0.1, 0.15) is 0 Å². The van der Waals surface area contributed by atoms with E-state index < -0.39 is 27.2 Å². The summed E-state index contributed by atoms with van der Waals surface area (Å²) in [5.41, 5.74) is -1.24. The first-order chi connectivity index (χ1) is 9.95. The number of benzene rings is 1. The first-order valence-corrected chi connectivity index (χ1v) is 6.36. The number of ether oxygens (including phenoxy) is 1. The van der Waals surface area contributed by atoms with Gasteiger partial charge in [0, 0.05) is 12.1 Å². The molecule has 0 saturated carbocycles. The Labute approximate surface area is 121 Å². The number of hydrogen-bond donors (Lipinski definition) is 0. The molecule has 0 N–H and O–H groups in total. The Morgan fingerprint density at radius 1 is 1.05 bits per heavy atom. The fourth-order valence-electron chi connectivity index (χ4n) is 1.63. The Morgan fingerprint density at radius 3 is 2.10 bits per heavy atom. The second kappa shape index (κ2) is 7.93. The van der Waals surface area contributed by atoms with E-state index in [9.17, 15) is 25.0 Å². The molecule has 0 aliphatic heterocycles. The Morgan fingerprint density at radius 2 is 1.62 bits per heavy atom. The van der Waals surface area contributed by atoms with E-state index in [1.165, 1.54) is 0 Å². The average Bonchev–Trinajstić information content (AvgIpc) is 2.46. The fourth-order valence-corrected chi connectivity index (χ4v) is 1.63. The molecule has 113 valence electrons. The quantitative estimate of drug-likeness (QED) is 0.315. The summed E-state index contributed by atoms with van der Waals surface area (Å²) in [6, 6.07) is 2.72. The average molecular weight is 295 g/mol. The van der Waals surface area contributed by atoms with Crippen LogP contribution in [0.25, 0.3) is 0 Å². The molecule has 8 heteroatoms. The van der Waals surface area contributed by atoms with Crippen LogP contribution >= 0.6 is 0 Å². The van der Waals surface area contributed by atoms with Crippen LogP contribution in [0.15, 0.2) is 18.2 Å². The summed E-state index contributed by atoms with van der Waals surface area (Å²) < 4.78 is 4.94. The molecule has 21 heavy (non-hydrogen) atoms. The van der Waals surface area contributed by atoms with E-state index in [0.29, 0.717) is 6.42 Å². The molecule has 1 radical (unpaired) electrons. The maximum Gasteiger partial charge on any atom is 0.338 e. The normalized spacial score (nSPS) is 10.1. The number of rotatable bonds is 8. The Bertz CT molecular complexity index is 511. The van der Waals surface area contributed by atoms with Crippen LogP contribution in [0.2, 0.25) is 0 Å². The lowest BCUT2D eigenvalue weighted by Gasteiger charge is -2.04. The van der Waals surface area contributed by atoms with Crippen LogP contribution in [-0.2, 0) is 4.74 Å². The van der Waals surface area contributed by atoms with Gasteiger partial charge in [0.2, 0.25) is 0 Å². The predicted octanol–water partition coefficient (Wildman–Crippen LogP) is 3.05. The van der Waals surface area contributed by atoms with Crippen molar-refractivity contribution in [1.82, 2.24) is 0 Å². The van der Waals surface area contributed by atoms with Crippen molar-refractivity contribution in [3.63, 3.8) is 0 Å². The van der Waals surface area contributed by atoms with Gasteiger partial charge >= 0.3 is 5.97 Å². The van der Waals surface area contributed by atoms with Crippen molar-refractivity contribution in [2.75, 3.05) is 6.61 Å². The lowest BCUT2D eigenvalue weighted by molar-refractivity contribution is -0.394. The number of nitrogens with zero attached hydrogens (tertiary/aromatic N) is 2. The largest absolute Gasteiger partial charge is 0.462 e. The molecule has 1 aromatic rings. The summed E-state index contributed by atoms with van der Waals surface area (Å²) in [5, 5.41) is 21.4. The van der Waals surface area contributed by atoms with Gasteiger partial charge in [0.05, 0.1) is 28.1 Å². The Kier molecular flexibility index (Phi) is 6.25. The molecule has 0 aliphatic rings. The number of non-ortho nitro benzene ring substituents is 2.